The summed E-state index contributed by atoms with van der Waals surface area (Å²) in [7, 11) is 0. The number of aliphatic hydroxyl groups is 13. The number of carbonyl (C=O) groups is 1. The Labute approximate surface area is 397 Å². The van der Waals surface area contributed by atoms with Crippen molar-refractivity contribution in [2.75, 3.05) is 19.8 Å². The smallest absolute Gasteiger partial charge is 0.217 e. The number of hydrogen-bond donors (Lipinski definition) is 14. The molecule has 12 unspecified atom stereocenters. The molecule has 1 amide bonds. The van der Waals surface area contributed by atoms with Gasteiger partial charge in [0.15, 0.2) is 37.7 Å². The van der Waals surface area contributed by atoms with Gasteiger partial charge in [0.25, 0.3) is 0 Å². The molecule has 0 spiro atoms. The predicted molar refractivity (Wildman–Crippen MR) is 222 cm³/mol. The van der Waals surface area contributed by atoms with E-state index >= 15 is 0 Å². The van der Waals surface area contributed by atoms with Crippen molar-refractivity contribution in [3.8, 4) is 0 Å². The standard InChI is InChI=1S/C42H73NO26/c1-8-9-58-41-35(29(55)22(48)14(4)61-41)68-42-36(34(24(50)16(6)62-42)67-40-31(57)28(54)25(51)18(10-44)64-40)69-38-20(43-17(7)46)33(26(52)19(11-45)63-38)66-37-12(2)32(23(49)15(5)59-37)65-39-30(56)27(53)21(47)13(3)60-39/h12-16,18-42,44-45,47-57H,8-11H2,1-7H3,(H,43,46)/t12?,13?,14?,15?,16?,18-,19?,20-,21-,22-,23-,24-,25+,26+,27-,28?,29-,30?,31?,32+,33?,34-,35?,36?,37-,38-,39-,40+,41+,42-/m0/s1. The second kappa shape index (κ2) is 24.2. The van der Waals surface area contributed by atoms with Crippen LogP contribution in [0.25, 0.3) is 0 Å². The van der Waals surface area contributed by atoms with Gasteiger partial charge in [-0.25, -0.2) is 0 Å². The van der Waals surface area contributed by atoms with Crippen molar-refractivity contribution in [2.24, 2.45) is 5.92 Å². The molecule has 6 heterocycles. The van der Waals surface area contributed by atoms with Gasteiger partial charge in [0.1, 0.15) is 110 Å². The van der Waals surface area contributed by atoms with Crippen LogP contribution in [-0.2, 0) is 61.6 Å². The minimum Gasteiger partial charge on any atom is -0.394 e. The number of hydrogen-bond acceptors (Lipinski definition) is 26. The predicted octanol–water partition coefficient (Wildman–Crippen LogP) is -7.14. The van der Waals surface area contributed by atoms with E-state index in [0.29, 0.717) is 6.42 Å². The van der Waals surface area contributed by atoms with Gasteiger partial charge < -0.3 is 129 Å². The first-order valence-electron chi connectivity index (χ1n) is 23.3. The lowest BCUT2D eigenvalue weighted by molar-refractivity contribution is -0.405. The van der Waals surface area contributed by atoms with Crippen molar-refractivity contribution < 1.29 is 128 Å². The summed E-state index contributed by atoms with van der Waals surface area (Å²) in [6.07, 6.45) is -43.6. The summed E-state index contributed by atoms with van der Waals surface area (Å²) in [6, 6.07) is -1.60. The van der Waals surface area contributed by atoms with E-state index in [1.54, 1.807) is 0 Å². The average molecular weight is 1010 g/mol. The molecule has 6 rings (SSSR count). The summed E-state index contributed by atoms with van der Waals surface area (Å²) >= 11 is 0. The molecule has 14 N–H and O–H groups in total. The highest BCUT2D eigenvalue weighted by molar-refractivity contribution is 5.73. The third-order valence-corrected chi connectivity index (χ3v) is 13.5. The molecule has 0 aromatic heterocycles. The van der Waals surface area contributed by atoms with Gasteiger partial charge in [-0.2, -0.15) is 0 Å². The largest absolute Gasteiger partial charge is 0.394 e. The number of amides is 1. The normalized spacial score (nSPS) is 52.1. The highest BCUT2D eigenvalue weighted by atomic mass is 16.8. The minimum atomic E-state index is -2.01. The molecule has 0 bridgehead atoms. The molecule has 30 atom stereocenters. The van der Waals surface area contributed by atoms with E-state index in [1.165, 1.54) is 34.6 Å². The lowest BCUT2D eigenvalue weighted by Gasteiger charge is -2.52. The van der Waals surface area contributed by atoms with Gasteiger partial charge >= 0.3 is 0 Å². The highest BCUT2D eigenvalue weighted by Gasteiger charge is 2.58. The highest BCUT2D eigenvalue weighted by Crippen LogP contribution is 2.39. The monoisotopic (exact) mass is 1010 g/mol. The molecule has 0 aromatic rings. The van der Waals surface area contributed by atoms with Crippen molar-refractivity contribution in [2.45, 2.75) is 233 Å². The van der Waals surface area contributed by atoms with Crippen molar-refractivity contribution in [3.63, 3.8) is 0 Å². The Morgan fingerprint density at radius 1 is 0.435 bits per heavy atom. The van der Waals surface area contributed by atoms with Crippen LogP contribution in [0.2, 0.25) is 0 Å². The first-order valence-corrected chi connectivity index (χ1v) is 23.3. The molecule has 0 saturated carbocycles. The van der Waals surface area contributed by atoms with Gasteiger partial charge in [-0.05, 0) is 34.1 Å². The summed E-state index contributed by atoms with van der Waals surface area (Å²) in [5.74, 6) is -1.74. The van der Waals surface area contributed by atoms with Gasteiger partial charge in [-0.1, -0.05) is 13.8 Å². The minimum absolute atomic E-state index is 0.112. The Hall–Kier alpha value is -1.53. The van der Waals surface area contributed by atoms with E-state index in [2.05, 4.69) is 5.32 Å². The molecule has 0 radical (unpaired) electrons. The molecule has 6 aliphatic rings. The Kier molecular flexibility index (Phi) is 19.9. The van der Waals surface area contributed by atoms with Gasteiger partial charge in [0, 0.05) is 19.4 Å². The molecule has 6 saturated heterocycles. The molecule has 27 heteroatoms. The fraction of sp³-hybridized carbons (Fsp3) is 0.976. The third-order valence-electron chi connectivity index (χ3n) is 13.5. The first kappa shape index (κ1) is 56.8. The second-order valence-electron chi connectivity index (χ2n) is 18.6. The summed E-state index contributed by atoms with van der Waals surface area (Å²) < 4.78 is 72.6. The molecule has 6 fully saturated rings. The van der Waals surface area contributed by atoms with Gasteiger partial charge in [0.05, 0.1) is 43.7 Å². The summed E-state index contributed by atoms with van der Waals surface area (Å²) in [5, 5.41) is 144. The molecule has 402 valence electrons. The van der Waals surface area contributed by atoms with E-state index in [-0.39, 0.29) is 6.61 Å². The van der Waals surface area contributed by atoms with Crippen molar-refractivity contribution >= 4 is 5.91 Å². The van der Waals surface area contributed by atoms with E-state index in [0.717, 1.165) is 6.92 Å². The van der Waals surface area contributed by atoms with Crippen LogP contribution in [0.1, 0.15) is 54.9 Å². The van der Waals surface area contributed by atoms with Crippen molar-refractivity contribution in [1.82, 2.24) is 5.32 Å². The fourth-order valence-corrected chi connectivity index (χ4v) is 9.23. The molecular formula is C42H73NO26. The van der Waals surface area contributed by atoms with Crippen LogP contribution in [-0.4, -0.2) is 270 Å². The SMILES string of the molecule is CCCO[C@@H]1OC(C)[C@H](O)[C@H](O)C1O[C@@H]1OC(C)[C@H](O)[C@H](O[C@H]2O[C@@H](CO)[C@@H](O)C(O)C2O)C1O[C@@H]1OC(CO)[C@@H](O)C(O[C@@H]2OC(C)[C@H](O)[C@H](O[C@@H]3OC(C)[C@H](O)[C@H](O)C3O)C2C)[C@@H]1NC(C)=O. The van der Waals surface area contributed by atoms with Crippen molar-refractivity contribution in [1.29, 1.82) is 0 Å². The number of ether oxygens (including phenoxy) is 12. The average Bonchev–Trinajstić information content (AvgIpc) is 3.31. The molecule has 27 nitrogen and oxygen atoms in total. The quantitative estimate of drug-likeness (QED) is 0.0683. The molecule has 69 heavy (non-hydrogen) atoms. The van der Waals surface area contributed by atoms with Crippen LogP contribution in [0.4, 0.5) is 0 Å². The molecule has 0 aromatic carbocycles. The number of rotatable bonds is 16. The number of carbonyl (C=O) groups excluding carboxylic acids is 1. The van der Waals surface area contributed by atoms with E-state index in [1.807, 2.05) is 6.92 Å². The van der Waals surface area contributed by atoms with Crippen LogP contribution in [0, 0.1) is 5.92 Å². The van der Waals surface area contributed by atoms with Crippen LogP contribution >= 0.6 is 0 Å². The van der Waals surface area contributed by atoms with Crippen LogP contribution in [0.15, 0.2) is 0 Å². The lowest BCUT2D eigenvalue weighted by atomic mass is 9.91. The first-order chi connectivity index (χ1) is 32.5. The molecular weight excluding hydrogens is 934 g/mol. The van der Waals surface area contributed by atoms with Crippen LogP contribution in [0.5, 0.6) is 0 Å². The maximum Gasteiger partial charge on any atom is 0.217 e. The third kappa shape index (κ3) is 12.2. The maximum absolute atomic E-state index is 13.0. The molecule has 6 aliphatic heterocycles. The number of aliphatic hydroxyl groups excluding tert-OH is 13. The zero-order valence-corrected chi connectivity index (χ0v) is 39.3. The van der Waals surface area contributed by atoms with E-state index in [4.69, 9.17) is 56.8 Å². The second-order valence-corrected chi connectivity index (χ2v) is 18.6. The Bertz CT molecular complexity index is 1610. The van der Waals surface area contributed by atoms with E-state index in [9.17, 15) is 71.2 Å². The topological polar surface area (TPSA) is 403 Å². The van der Waals surface area contributed by atoms with Crippen LogP contribution < -0.4 is 5.32 Å². The Morgan fingerprint density at radius 3 is 1.46 bits per heavy atom. The van der Waals surface area contributed by atoms with Gasteiger partial charge in [-0.3, -0.25) is 4.79 Å². The maximum atomic E-state index is 13.0. The van der Waals surface area contributed by atoms with Gasteiger partial charge in [0.2, 0.25) is 5.91 Å². The zero-order valence-electron chi connectivity index (χ0n) is 39.3. The summed E-state index contributed by atoms with van der Waals surface area (Å²) in [5.41, 5.74) is 0. The molecule has 0 aliphatic carbocycles. The number of nitrogens with one attached hydrogen (secondary N) is 1. The summed E-state index contributed by atoms with van der Waals surface area (Å²) in [4.78, 5) is 13.0. The fourth-order valence-electron chi connectivity index (χ4n) is 9.23. The summed E-state index contributed by atoms with van der Waals surface area (Å²) in [6.45, 7) is 8.60. The van der Waals surface area contributed by atoms with Crippen LogP contribution in [0.3, 0.4) is 0 Å². The van der Waals surface area contributed by atoms with Gasteiger partial charge in [-0.15, -0.1) is 0 Å². The van der Waals surface area contributed by atoms with Crippen molar-refractivity contribution in [3.05, 3.63) is 0 Å². The lowest BCUT2D eigenvalue weighted by Crippen LogP contribution is -2.70. The van der Waals surface area contributed by atoms with E-state index < -0.39 is 203 Å². The Balaban J connectivity index is 1.35. The zero-order chi connectivity index (χ0) is 50.9. The Morgan fingerprint density at radius 2 is 0.870 bits per heavy atom.